The van der Waals surface area contributed by atoms with Gasteiger partial charge >= 0.3 is 0 Å². The molecule has 6 heteroatoms. The summed E-state index contributed by atoms with van der Waals surface area (Å²) in [4.78, 5) is 1.50. The third-order valence-electron chi connectivity index (χ3n) is 3.62. The Hall–Kier alpha value is -0.910. The summed E-state index contributed by atoms with van der Waals surface area (Å²) >= 11 is 5.58. The number of nitrogens with zero attached hydrogens (tertiary/aromatic N) is 1. The average Bonchev–Trinajstić information content (AvgIpc) is 3.03. The molecule has 1 spiro atoms. The van der Waals surface area contributed by atoms with Crippen LogP contribution in [0, 0.1) is 11.6 Å². The van der Waals surface area contributed by atoms with Gasteiger partial charge < -0.3 is 14.7 Å². The highest BCUT2D eigenvalue weighted by atomic mass is 35.5. The molecule has 1 N–H and O–H groups in total. The van der Waals surface area contributed by atoms with E-state index in [4.69, 9.17) is 16.3 Å². The van der Waals surface area contributed by atoms with Crippen molar-refractivity contribution in [2.24, 2.45) is 0 Å². The number of halogens is 3. The van der Waals surface area contributed by atoms with E-state index < -0.39 is 23.3 Å². The Balaban J connectivity index is 1.87. The molecular formula is C12H12ClF2NO2. The maximum atomic E-state index is 13.8. The van der Waals surface area contributed by atoms with Gasteiger partial charge in [0.05, 0.1) is 6.61 Å². The number of ether oxygens (including phenoxy) is 1. The summed E-state index contributed by atoms with van der Waals surface area (Å²) in [5.41, 5.74) is -0.607. The molecule has 2 heterocycles. The molecule has 2 saturated heterocycles. The lowest BCUT2D eigenvalue weighted by Gasteiger charge is -2.36. The van der Waals surface area contributed by atoms with Crippen LogP contribution in [0.15, 0.2) is 12.1 Å². The Morgan fingerprint density at radius 2 is 2.00 bits per heavy atom. The Labute approximate surface area is 108 Å². The molecule has 0 radical (unpaired) electrons. The van der Waals surface area contributed by atoms with E-state index in [1.54, 1.807) is 0 Å². The van der Waals surface area contributed by atoms with Crippen LogP contribution in [-0.4, -0.2) is 36.5 Å². The molecule has 3 rings (SSSR count). The summed E-state index contributed by atoms with van der Waals surface area (Å²) in [6.45, 7) is 1.13. The van der Waals surface area contributed by atoms with E-state index in [0.29, 0.717) is 19.6 Å². The van der Waals surface area contributed by atoms with E-state index in [1.165, 1.54) is 4.90 Å². The first kappa shape index (κ1) is 12.1. The first-order chi connectivity index (χ1) is 8.52. The van der Waals surface area contributed by atoms with Crippen molar-refractivity contribution in [3.05, 3.63) is 28.8 Å². The molecule has 2 aliphatic rings. The predicted molar refractivity (Wildman–Crippen MR) is 62.9 cm³/mol. The van der Waals surface area contributed by atoms with Crippen LogP contribution >= 0.6 is 11.6 Å². The fourth-order valence-electron chi connectivity index (χ4n) is 2.43. The quantitative estimate of drug-likeness (QED) is 0.796. The van der Waals surface area contributed by atoms with Gasteiger partial charge in [-0.05, 0) is 18.6 Å². The molecular weight excluding hydrogens is 264 g/mol. The lowest BCUT2D eigenvalue weighted by Crippen LogP contribution is -2.49. The smallest absolute Gasteiger partial charge is 0.151 e. The van der Waals surface area contributed by atoms with E-state index in [9.17, 15) is 13.9 Å². The van der Waals surface area contributed by atoms with Gasteiger partial charge in [-0.15, -0.1) is 0 Å². The van der Waals surface area contributed by atoms with E-state index in [1.807, 2.05) is 0 Å². The standard InChI is InChI=1S/C12H12ClF2NO2/c13-7-3-8(14)11(9(15)4-7)16-2-1-12(6-18-12)10(17)5-16/h3-4,10,17H,1-2,5-6H2/t10-,12-/m1/s1. The molecule has 2 fully saturated rings. The minimum absolute atomic E-state index is 0.0216. The normalized spacial score (nSPS) is 30.9. The molecule has 1 aromatic carbocycles. The van der Waals surface area contributed by atoms with Crippen LogP contribution in [0.2, 0.25) is 5.02 Å². The monoisotopic (exact) mass is 275 g/mol. The second kappa shape index (κ2) is 4.05. The molecule has 0 aromatic heterocycles. The van der Waals surface area contributed by atoms with Gasteiger partial charge in [0.15, 0.2) is 11.6 Å². The largest absolute Gasteiger partial charge is 0.388 e. The van der Waals surface area contributed by atoms with Crippen LogP contribution in [0.3, 0.4) is 0 Å². The van der Waals surface area contributed by atoms with Gasteiger partial charge in [-0.1, -0.05) is 11.6 Å². The van der Waals surface area contributed by atoms with Crippen molar-refractivity contribution in [2.45, 2.75) is 18.1 Å². The minimum Gasteiger partial charge on any atom is -0.388 e. The van der Waals surface area contributed by atoms with Crippen LogP contribution in [0.25, 0.3) is 0 Å². The second-order valence-corrected chi connectivity index (χ2v) is 5.22. The predicted octanol–water partition coefficient (Wildman–Crippen LogP) is 1.96. The summed E-state index contributed by atoms with van der Waals surface area (Å²) in [5, 5.41) is 9.95. The molecule has 0 aliphatic carbocycles. The van der Waals surface area contributed by atoms with Gasteiger partial charge in [-0.3, -0.25) is 0 Å². The number of hydrogen-bond donors (Lipinski definition) is 1. The number of benzene rings is 1. The van der Waals surface area contributed by atoms with Crippen LogP contribution < -0.4 is 4.90 Å². The van der Waals surface area contributed by atoms with Crippen LogP contribution in [0.5, 0.6) is 0 Å². The van der Waals surface area contributed by atoms with Crippen LogP contribution in [0.1, 0.15) is 6.42 Å². The Bertz CT molecular complexity index is 470. The number of epoxide rings is 1. The second-order valence-electron chi connectivity index (χ2n) is 4.78. The van der Waals surface area contributed by atoms with Crippen molar-refractivity contribution in [3.63, 3.8) is 0 Å². The van der Waals surface area contributed by atoms with E-state index >= 15 is 0 Å². The first-order valence-electron chi connectivity index (χ1n) is 5.73. The highest BCUT2D eigenvalue weighted by Gasteiger charge is 2.54. The third kappa shape index (κ3) is 1.86. The number of anilines is 1. The summed E-state index contributed by atoms with van der Waals surface area (Å²) in [6.07, 6.45) is -0.156. The van der Waals surface area contributed by atoms with Gasteiger partial charge in [0.25, 0.3) is 0 Å². The SMILES string of the molecule is O[C@@H]1CN(c2c(F)cc(Cl)cc2F)CC[C@@]12CO2. The van der Waals surface area contributed by atoms with Gasteiger partial charge in [0, 0.05) is 18.1 Å². The van der Waals surface area contributed by atoms with Crippen molar-refractivity contribution in [3.8, 4) is 0 Å². The fourth-order valence-corrected chi connectivity index (χ4v) is 2.62. The van der Waals surface area contributed by atoms with Crippen molar-refractivity contribution < 1.29 is 18.6 Å². The number of piperidine rings is 1. The van der Waals surface area contributed by atoms with E-state index in [2.05, 4.69) is 0 Å². The molecule has 98 valence electrons. The molecule has 1 aromatic rings. The van der Waals surface area contributed by atoms with Gasteiger partial charge in [0.1, 0.15) is 17.4 Å². The lowest BCUT2D eigenvalue weighted by atomic mass is 9.94. The summed E-state index contributed by atoms with van der Waals surface area (Å²) in [5.74, 6) is -1.42. The Morgan fingerprint density at radius 1 is 1.39 bits per heavy atom. The van der Waals surface area contributed by atoms with Crippen molar-refractivity contribution in [1.82, 2.24) is 0 Å². The highest BCUT2D eigenvalue weighted by Crippen LogP contribution is 2.40. The highest BCUT2D eigenvalue weighted by molar-refractivity contribution is 6.30. The molecule has 18 heavy (non-hydrogen) atoms. The average molecular weight is 276 g/mol. The fraction of sp³-hybridized carbons (Fsp3) is 0.500. The topological polar surface area (TPSA) is 36.0 Å². The number of rotatable bonds is 1. The molecule has 2 atom stereocenters. The number of aliphatic hydroxyl groups excluding tert-OH is 1. The lowest BCUT2D eigenvalue weighted by molar-refractivity contribution is 0.0607. The van der Waals surface area contributed by atoms with E-state index in [0.717, 1.165) is 12.1 Å². The van der Waals surface area contributed by atoms with E-state index in [-0.39, 0.29) is 17.3 Å². The Morgan fingerprint density at radius 3 is 2.50 bits per heavy atom. The number of β-amino-alcohol motifs (C(OH)–C–C–N with tert-alkyl or cyclic N) is 1. The zero-order valence-electron chi connectivity index (χ0n) is 9.50. The zero-order valence-corrected chi connectivity index (χ0v) is 10.3. The van der Waals surface area contributed by atoms with Crippen molar-refractivity contribution >= 4 is 17.3 Å². The maximum Gasteiger partial charge on any atom is 0.151 e. The summed E-state index contributed by atoms with van der Waals surface area (Å²) < 4.78 is 32.7. The molecule has 0 saturated carbocycles. The van der Waals surface area contributed by atoms with Crippen LogP contribution in [0.4, 0.5) is 14.5 Å². The molecule has 0 amide bonds. The first-order valence-corrected chi connectivity index (χ1v) is 6.11. The maximum absolute atomic E-state index is 13.8. The van der Waals surface area contributed by atoms with Gasteiger partial charge in [-0.2, -0.15) is 0 Å². The summed E-state index contributed by atoms with van der Waals surface area (Å²) in [6, 6.07) is 2.15. The third-order valence-corrected chi connectivity index (χ3v) is 3.84. The number of hydrogen-bond acceptors (Lipinski definition) is 3. The number of aliphatic hydroxyl groups is 1. The molecule has 0 bridgehead atoms. The minimum atomic E-state index is -0.722. The summed E-state index contributed by atoms with van der Waals surface area (Å²) in [7, 11) is 0. The molecule has 3 nitrogen and oxygen atoms in total. The molecule has 2 aliphatic heterocycles. The van der Waals surface area contributed by atoms with Crippen LogP contribution in [-0.2, 0) is 4.74 Å². The Kier molecular flexibility index (Phi) is 2.73. The van der Waals surface area contributed by atoms with Gasteiger partial charge in [0.2, 0.25) is 0 Å². The molecule has 0 unspecified atom stereocenters. The zero-order chi connectivity index (χ0) is 12.9. The van der Waals surface area contributed by atoms with Crippen molar-refractivity contribution in [2.75, 3.05) is 24.6 Å². The van der Waals surface area contributed by atoms with Crippen molar-refractivity contribution in [1.29, 1.82) is 0 Å². The van der Waals surface area contributed by atoms with Gasteiger partial charge in [-0.25, -0.2) is 8.78 Å².